The van der Waals surface area contributed by atoms with E-state index in [-0.39, 0.29) is 12.5 Å². The molecule has 0 radical (unpaired) electrons. The Hall–Kier alpha value is -1.96. The second-order valence-corrected chi connectivity index (χ2v) is 6.62. The van der Waals surface area contributed by atoms with Gasteiger partial charge in [-0.05, 0) is 6.92 Å². The van der Waals surface area contributed by atoms with Gasteiger partial charge in [0.2, 0.25) is 12.7 Å². The third-order valence-corrected chi connectivity index (χ3v) is 4.31. The van der Waals surface area contributed by atoms with E-state index in [4.69, 9.17) is 15.2 Å². The zero-order valence-electron chi connectivity index (χ0n) is 10.5. The highest BCUT2D eigenvalue weighted by Gasteiger charge is 2.25. The van der Waals surface area contributed by atoms with Crippen molar-refractivity contribution in [1.82, 2.24) is 0 Å². The van der Waals surface area contributed by atoms with Crippen LogP contribution < -0.4 is 20.5 Å². The molecule has 0 spiro atoms. The lowest BCUT2D eigenvalue weighted by atomic mass is 10.2. The Morgan fingerprint density at radius 3 is 2.53 bits per heavy atom. The zero-order chi connectivity index (χ0) is 14.2. The first-order valence-corrected chi connectivity index (χ1v) is 7.43. The number of hydrogen-bond donors (Lipinski definition) is 2. The van der Waals surface area contributed by atoms with Crippen molar-refractivity contribution in [3.8, 4) is 11.5 Å². The van der Waals surface area contributed by atoms with Crippen LogP contribution in [-0.2, 0) is 14.6 Å². The number of amides is 1. The van der Waals surface area contributed by atoms with E-state index in [1.165, 1.54) is 19.1 Å². The van der Waals surface area contributed by atoms with Crippen molar-refractivity contribution < 1.29 is 22.7 Å². The van der Waals surface area contributed by atoms with E-state index in [0.717, 1.165) is 6.26 Å². The first-order chi connectivity index (χ1) is 8.79. The van der Waals surface area contributed by atoms with Gasteiger partial charge in [0.1, 0.15) is 5.25 Å². The van der Waals surface area contributed by atoms with Gasteiger partial charge in [-0.1, -0.05) is 0 Å². The average Bonchev–Trinajstić information content (AvgIpc) is 2.74. The summed E-state index contributed by atoms with van der Waals surface area (Å²) in [5, 5.41) is 1.31. The SMILES string of the molecule is CC(C(=O)Nc1cc2c(cc1N)OCO2)S(C)(=O)=O. The van der Waals surface area contributed by atoms with Gasteiger partial charge in [-0.2, -0.15) is 0 Å². The molecule has 0 saturated heterocycles. The van der Waals surface area contributed by atoms with Crippen molar-refractivity contribution in [1.29, 1.82) is 0 Å². The summed E-state index contributed by atoms with van der Waals surface area (Å²) in [6, 6.07) is 3.02. The van der Waals surface area contributed by atoms with Gasteiger partial charge in [-0.15, -0.1) is 0 Å². The molecule has 3 N–H and O–H groups in total. The molecule has 2 rings (SSSR count). The monoisotopic (exact) mass is 286 g/mol. The summed E-state index contributed by atoms with van der Waals surface area (Å²) in [4.78, 5) is 11.8. The number of rotatable bonds is 3. The number of sulfone groups is 1. The van der Waals surface area contributed by atoms with Gasteiger partial charge < -0.3 is 20.5 Å². The zero-order valence-corrected chi connectivity index (χ0v) is 11.3. The van der Waals surface area contributed by atoms with Crippen LogP contribution in [0.1, 0.15) is 6.92 Å². The molecule has 19 heavy (non-hydrogen) atoms. The number of fused-ring (bicyclic) bond motifs is 1. The summed E-state index contributed by atoms with van der Waals surface area (Å²) < 4.78 is 32.9. The molecule has 1 amide bonds. The number of nitrogen functional groups attached to an aromatic ring is 1. The standard InChI is InChI=1S/C11H14N2O5S/c1-6(19(2,15)16)11(14)13-8-4-10-9(3-7(8)12)17-5-18-10/h3-4,6H,5,12H2,1-2H3,(H,13,14). The van der Waals surface area contributed by atoms with Gasteiger partial charge in [-0.3, -0.25) is 4.79 Å². The number of carbonyl (C=O) groups excluding carboxylic acids is 1. The quantitative estimate of drug-likeness (QED) is 0.777. The molecule has 0 aliphatic carbocycles. The van der Waals surface area contributed by atoms with Crippen molar-refractivity contribution in [2.24, 2.45) is 0 Å². The third kappa shape index (κ3) is 2.73. The van der Waals surface area contributed by atoms with Crippen LogP contribution in [-0.4, -0.2) is 32.6 Å². The number of nitrogens with one attached hydrogen (secondary N) is 1. The normalized spacial score (nSPS) is 15.1. The fourth-order valence-corrected chi connectivity index (χ4v) is 1.94. The highest BCUT2D eigenvalue weighted by Crippen LogP contribution is 2.38. The minimum absolute atomic E-state index is 0.0892. The van der Waals surface area contributed by atoms with E-state index in [9.17, 15) is 13.2 Å². The van der Waals surface area contributed by atoms with Gasteiger partial charge in [0, 0.05) is 18.4 Å². The highest BCUT2D eigenvalue weighted by atomic mass is 32.2. The van der Waals surface area contributed by atoms with Crippen LogP contribution in [0, 0.1) is 0 Å². The van der Waals surface area contributed by atoms with Crippen molar-refractivity contribution in [2.75, 3.05) is 24.1 Å². The summed E-state index contributed by atoms with van der Waals surface area (Å²) in [6.45, 7) is 1.40. The van der Waals surface area contributed by atoms with Gasteiger partial charge in [-0.25, -0.2) is 8.42 Å². The molecule has 0 bridgehead atoms. The van der Waals surface area contributed by atoms with E-state index in [0.29, 0.717) is 17.2 Å². The van der Waals surface area contributed by atoms with Gasteiger partial charge >= 0.3 is 0 Å². The fourth-order valence-electron chi connectivity index (χ4n) is 1.49. The molecule has 1 aliphatic heterocycles. The van der Waals surface area contributed by atoms with Crippen molar-refractivity contribution in [3.05, 3.63) is 12.1 Å². The largest absolute Gasteiger partial charge is 0.454 e. The summed E-state index contributed by atoms with van der Waals surface area (Å²) in [5.74, 6) is 0.302. The summed E-state index contributed by atoms with van der Waals surface area (Å²) >= 11 is 0. The topological polar surface area (TPSA) is 108 Å². The Morgan fingerprint density at radius 1 is 1.37 bits per heavy atom. The van der Waals surface area contributed by atoms with E-state index in [1.807, 2.05) is 0 Å². The molecule has 104 valence electrons. The molecular formula is C11H14N2O5S. The van der Waals surface area contributed by atoms with E-state index < -0.39 is 21.0 Å². The first kappa shape index (κ1) is 13.5. The molecule has 7 nitrogen and oxygen atoms in total. The number of nitrogens with two attached hydrogens (primary N) is 1. The van der Waals surface area contributed by atoms with Gasteiger partial charge in [0.25, 0.3) is 0 Å². The maximum absolute atomic E-state index is 11.8. The van der Waals surface area contributed by atoms with Crippen LogP contribution in [0.15, 0.2) is 12.1 Å². The molecule has 0 aromatic heterocycles. The van der Waals surface area contributed by atoms with Crippen LogP contribution >= 0.6 is 0 Å². The Morgan fingerprint density at radius 2 is 1.95 bits per heavy atom. The van der Waals surface area contributed by atoms with E-state index >= 15 is 0 Å². The lowest BCUT2D eigenvalue weighted by Crippen LogP contribution is -2.32. The van der Waals surface area contributed by atoms with E-state index in [2.05, 4.69) is 5.32 Å². The smallest absolute Gasteiger partial charge is 0.242 e. The molecule has 1 aromatic carbocycles. The minimum atomic E-state index is -3.46. The van der Waals surface area contributed by atoms with E-state index in [1.54, 1.807) is 0 Å². The van der Waals surface area contributed by atoms with Gasteiger partial charge in [0.05, 0.1) is 11.4 Å². The average molecular weight is 286 g/mol. The molecule has 1 heterocycles. The van der Waals surface area contributed by atoms with Crippen molar-refractivity contribution in [3.63, 3.8) is 0 Å². The second kappa shape index (κ2) is 4.61. The molecule has 1 aliphatic rings. The van der Waals surface area contributed by atoms with Gasteiger partial charge in [0.15, 0.2) is 21.3 Å². The predicted molar refractivity (Wildman–Crippen MR) is 69.9 cm³/mol. The Balaban J connectivity index is 2.23. The Bertz CT molecular complexity index is 626. The van der Waals surface area contributed by atoms with Crippen molar-refractivity contribution in [2.45, 2.75) is 12.2 Å². The molecule has 1 unspecified atom stereocenters. The molecule has 8 heteroatoms. The molecular weight excluding hydrogens is 272 g/mol. The molecule has 1 aromatic rings. The highest BCUT2D eigenvalue weighted by molar-refractivity contribution is 7.92. The number of ether oxygens (including phenoxy) is 2. The van der Waals surface area contributed by atoms with Crippen LogP contribution in [0.4, 0.5) is 11.4 Å². The number of benzene rings is 1. The molecule has 1 atom stereocenters. The number of carbonyl (C=O) groups is 1. The maximum atomic E-state index is 11.8. The molecule has 0 saturated carbocycles. The Labute approximate surface area is 110 Å². The summed E-state index contributed by atoms with van der Waals surface area (Å²) in [6.07, 6.45) is 1.00. The van der Waals surface area contributed by atoms with Crippen LogP contribution in [0.2, 0.25) is 0 Å². The van der Waals surface area contributed by atoms with Crippen molar-refractivity contribution >= 4 is 27.1 Å². The fraction of sp³-hybridized carbons (Fsp3) is 0.364. The second-order valence-electron chi connectivity index (χ2n) is 4.25. The van der Waals surface area contributed by atoms with Crippen LogP contribution in [0.5, 0.6) is 11.5 Å². The summed E-state index contributed by atoms with van der Waals surface area (Å²) in [5.41, 5.74) is 6.32. The minimum Gasteiger partial charge on any atom is -0.454 e. The third-order valence-electron chi connectivity index (χ3n) is 2.81. The summed E-state index contributed by atoms with van der Waals surface area (Å²) in [7, 11) is -3.46. The van der Waals surface area contributed by atoms with Crippen LogP contribution in [0.25, 0.3) is 0 Å². The first-order valence-electron chi connectivity index (χ1n) is 5.48. The Kier molecular flexibility index (Phi) is 3.27. The molecule has 0 fully saturated rings. The predicted octanol–water partition coefficient (Wildman–Crippen LogP) is 0.369. The van der Waals surface area contributed by atoms with Crippen LogP contribution in [0.3, 0.4) is 0 Å². The lowest BCUT2D eigenvalue weighted by Gasteiger charge is -2.12. The number of anilines is 2. The lowest BCUT2D eigenvalue weighted by molar-refractivity contribution is -0.115. The maximum Gasteiger partial charge on any atom is 0.242 e. The number of hydrogen-bond acceptors (Lipinski definition) is 6.